The van der Waals surface area contributed by atoms with E-state index in [0.29, 0.717) is 22.8 Å². The van der Waals surface area contributed by atoms with Gasteiger partial charge in [-0.1, -0.05) is 30.1 Å². The lowest BCUT2D eigenvalue weighted by Gasteiger charge is -2.11. The molecular formula is C19H19Cl2NO5S. The van der Waals surface area contributed by atoms with E-state index in [1.807, 2.05) is 6.92 Å². The van der Waals surface area contributed by atoms with E-state index in [0.717, 1.165) is 17.8 Å². The van der Waals surface area contributed by atoms with E-state index in [1.165, 1.54) is 26.2 Å². The lowest BCUT2D eigenvalue weighted by atomic mass is 10.1. The summed E-state index contributed by atoms with van der Waals surface area (Å²) in [5.74, 6) is -1.08. The molecule has 0 radical (unpaired) electrons. The number of amides is 1. The van der Waals surface area contributed by atoms with E-state index in [9.17, 15) is 14.4 Å². The summed E-state index contributed by atoms with van der Waals surface area (Å²) in [6, 6.07) is 2.86. The van der Waals surface area contributed by atoms with Crippen LogP contribution in [0.3, 0.4) is 0 Å². The molecule has 1 aromatic heterocycles. The predicted molar refractivity (Wildman–Crippen MR) is 111 cm³/mol. The van der Waals surface area contributed by atoms with E-state index in [2.05, 4.69) is 5.32 Å². The molecule has 1 N–H and O–H groups in total. The van der Waals surface area contributed by atoms with Gasteiger partial charge in [-0.05, 0) is 38.0 Å². The number of anilines is 1. The molecule has 0 saturated carbocycles. The molecule has 1 heterocycles. The second kappa shape index (κ2) is 9.41. The number of esters is 1. The molecular weight excluding hydrogens is 425 g/mol. The molecule has 0 fully saturated rings. The number of hydrogen-bond donors (Lipinski definition) is 1. The number of Topliss-reactive ketones (excluding diaryl/α,β-unsaturated/α-hetero) is 1. The summed E-state index contributed by atoms with van der Waals surface area (Å²) in [6.07, 6.45) is 0.779. The van der Waals surface area contributed by atoms with Gasteiger partial charge in [0.25, 0.3) is 5.91 Å². The van der Waals surface area contributed by atoms with Crippen LogP contribution < -0.4 is 10.1 Å². The molecule has 6 nitrogen and oxygen atoms in total. The smallest absolute Gasteiger partial charge is 0.341 e. The SMILES string of the molecule is CCCOc1c(Cl)cc(C(=O)Nc2sc(C(C)=O)c(C)c2C(=O)OC)cc1Cl. The van der Waals surface area contributed by atoms with Crippen molar-refractivity contribution in [2.24, 2.45) is 0 Å². The summed E-state index contributed by atoms with van der Waals surface area (Å²) in [5.41, 5.74) is 0.787. The second-order valence-corrected chi connectivity index (χ2v) is 7.71. The molecule has 0 aliphatic carbocycles. The molecule has 0 saturated heterocycles. The fourth-order valence-electron chi connectivity index (χ4n) is 2.49. The molecule has 0 aliphatic rings. The Kier molecular flexibility index (Phi) is 7.46. The highest BCUT2D eigenvalue weighted by Gasteiger charge is 2.25. The number of rotatable bonds is 7. The van der Waals surface area contributed by atoms with Crippen LogP contribution in [0.5, 0.6) is 5.75 Å². The van der Waals surface area contributed by atoms with Crippen molar-refractivity contribution in [1.82, 2.24) is 0 Å². The maximum atomic E-state index is 12.7. The Hall–Kier alpha value is -2.09. The van der Waals surface area contributed by atoms with Gasteiger partial charge in [-0.25, -0.2) is 4.79 Å². The number of ether oxygens (including phenoxy) is 2. The zero-order valence-corrected chi connectivity index (χ0v) is 18.1. The first-order valence-electron chi connectivity index (χ1n) is 8.37. The van der Waals surface area contributed by atoms with Gasteiger partial charge in [-0.2, -0.15) is 0 Å². The summed E-state index contributed by atoms with van der Waals surface area (Å²) < 4.78 is 10.3. The summed E-state index contributed by atoms with van der Waals surface area (Å²) in [5, 5.41) is 3.26. The molecule has 0 bridgehead atoms. The Morgan fingerprint density at radius 2 is 1.79 bits per heavy atom. The van der Waals surface area contributed by atoms with Crippen LogP contribution in [-0.2, 0) is 4.74 Å². The van der Waals surface area contributed by atoms with Gasteiger partial charge in [0, 0.05) is 5.56 Å². The standard InChI is InChI=1S/C19H19Cl2NO5S/c1-5-6-27-15-12(20)7-11(8-13(15)21)17(24)22-18-14(19(25)26-4)9(2)16(28-18)10(3)23/h7-8H,5-6H2,1-4H3,(H,22,24). The minimum atomic E-state index is -0.643. The Labute approximate surface area is 176 Å². The zero-order chi connectivity index (χ0) is 21.0. The fraction of sp³-hybridized carbons (Fsp3) is 0.316. The Bertz CT molecular complexity index is 916. The van der Waals surface area contributed by atoms with E-state index >= 15 is 0 Å². The summed E-state index contributed by atoms with van der Waals surface area (Å²) in [7, 11) is 1.23. The van der Waals surface area contributed by atoms with Crippen molar-refractivity contribution in [3.05, 3.63) is 43.7 Å². The Balaban J connectivity index is 2.39. The van der Waals surface area contributed by atoms with E-state index in [-0.39, 0.29) is 32.0 Å². The average Bonchev–Trinajstić information content (AvgIpc) is 2.96. The third-order valence-corrected chi connectivity index (χ3v) is 5.66. The first kappa shape index (κ1) is 22.2. The predicted octanol–water partition coefficient (Wildman–Crippen LogP) is 5.39. The van der Waals surface area contributed by atoms with Gasteiger partial charge in [-0.3, -0.25) is 9.59 Å². The van der Waals surface area contributed by atoms with Crippen molar-refractivity contribution < 1.29 is 23.9 Å². The van der Waals surface area contributed by atoms with Crippen molar-refractivity contribution in [2.75, 3.05) is 19.0 Å². The van der Waals surface area contributed by atoms with Crippen LogP contribution in [0.2, 0.25) is 10.0 Å². The number of nitrogens with one attached hydrogen (secondary N) is 1. The zero-order valence-electron chi connectivity index (χ0n) is 15.8. The minimum absolute atomic E-state index is 0.145. The third kappa shape index (κ3) is 4.66. The van der Waals surface area contributed by atoms with Gasteiger partial charge in [0.1, 0.15) is 5.00 Å². The van der Waals surface area contributed by atoms with Crippen molar-refractivity contribution in [1.29, 1.82) is 0 Å². The molecule has 2 aromatic rings. The Morgan fingerprint density at radius 3 is 2.29 bits per heavy atom. The van der Waals surface area contributed by atoms with Crippen LogP contribution >= 0.6 is 34.5 Å². The van der Waals surface area contributed by atoms with Crippen molar-refractivity contribution in [3.63, 3.8) is 0 Å². The number of hydrogen-bond acceptors (Lipinski definition) is 6. The summed E-state index contributed by atoms with van der Waals surface area (Å²) >= 11 is 13.4. The highest BCUT2D eigenvalue weighted by Crippen LogP contribution is 2.36. The van der Waals surface area contributed by atoms with Crippen LogP contribution in [0.4, 0.5) is 5.00 Å². The lowest BCUT2D eigenvalue weighted by Crippen LogP contribution is -2.14. The second-order valence-electron chi connectivity index (χ2n) is 5.88. The highest BCUT2D eigenvalue weighted by atomic mass is 35.5. The number of benzene rings is 1. The number of methoxy groups -OCH3 is 1. The van der Waals surface area contributed by atoms with Gasteiger partial charge in [0.2, 0.25) is 0 Å². The molecule has 1 amide bonds. The van der Waals surface area contributed by atoms with E-state index < -0.39 is 11.9 Å². The summed E-state index contributed by atoms with van der Waals surface area (Å²) in [6.45, 7) is 5.40. The topological polar surface area (TPSA) is 81.7 Å². The molecule has 1 aromatic carbocycles. The molecule has 0 spiro atoms. The van der Waals surface area contributed by atoms with Crippen LogP contribution in [0.1, 0.15) is 56.2 Å². The number of carbonyl (C=O) groups is 3. The molecule has 28 heavy (non-hydrogen) atoms. The van der Waals surface area contributed by atoms with E-state index in [4.69, 9.17) is 32.7 Å². The van der Waals surface area contributed by atoms with Crippen LogP contribution in [0.15, 0.2) is 12.1 Å². The van der Waals surface area contributed by atoms with Gasteiger partial charge in [0.15, 0.2) is 11.5 Å². The largest absolute Gasteiger partial charge is 0.490 e. The monoisotopic (exact) mass is 443 g/mol. The molecule has 150 valence electrons. The van der Waals surface area contributed by atoms with Gasteiger partial charge >= 0.3 is 5.97 Å². The number of halogens is 2. The summed E-state index contributed by atoms with van der Waals surface area (Å²) in [4.78, 5) is 37.0. The molecule has 0 aliphatic heterocycles. The third-order valence-electron chi connectivity index (χ3n) is 3.79. The number of carbonyl (C=O) groups excluding carboxylic acids is 3. The highest BCUT2D eigenvalue weighted by molar-refractivity contribution is 7.18. The van der Waals surface area contributed by atoms with Crippen LogP contribution in [-0.4, -0.2) is 31.4 Å². The molecule has 9 heteroatoms. The average molecular weight is 444 g/mol. The first-order chi connectivity index (χ1) is 13.2. The molecule has 0 unspecified atom stereocenters. The van der Waals surface area contributed by atoms with Crippen molar-refractivity contribution in [3.8, 4) is 5.75 Å². The van der Waals surface area contributed by atoms with Crippen LogP contribution in [0.25, 0.3) is 0 Å². The van der Waals surface area contributed by atoms with E-state index in [1.54, 1.807) is 6.92 Å². The van der Waals surface area contributed by atoms with Gasteiger partial charge < -0.3 is 14.8 Å². The normalized spacial score (nSPS) is 10.5. The quantitative estimate of drug-likeness (QED) is 0.457. The molecule has 2 rings (SSSR count). The van der Waals surface area contributed by atoms with Crippen molar-refractivity contribution in [2.45, 2.75) is 27.2 Å². The number of thiophene rings is 1. The van der Waals surface area contributed by atoms with Crippen molar-refractivity contribution >= 4 is 57.2 Å². The maximum absolute atomic E-state index is 12.7. The van der Waals surface area contributed by atoms with Gasteiger partial charge in [-0.15, -0.1) is 11.3 Å². The van der Waals surface area contributed by atoms with Crippen LogP contribution in [0, 0.1) is 6.92 Å². The number of ketones is 1. The lowest BCUT2D eigenvalue weighted by molar-refractivity contribution is 0.0601. The Morgan fingerprint density at radius 1 is 1.18 bits per heavy atom. The first-order valence-corrected chi connectivity index (χ1v) is 9.94. The maximum Gasteiger partial charge on any atom is 0.341 e. The molecule has 0 atom stereocenters. The fourth-order valence-corrected chi connectivity index (χ4v) is 4.17. The van der Waals surface area contributed by atoms with Gasteiger partial charge in [0.05, 0.1) is 34.2 Å². The minimum Gasteiger partial charge on any atom is -0.490 e.